The highest BCUT2D eigenvalue weighted by molar-refractivity contribution is 7.80. The summed E-state index contributed by atoms with van der Waals surface area (Å²) in [4.78, 5) is 0. The van der Waals surface area contributed by atoms with E-state index in [1.165, 1.54) is 0 Å². The van der Waals surface area contributed by atoms with Gasteiger partial charge in [-0.2, -0.15) is 0 Å². The summed E-state index contributed by atoms with van der Waals surface area (Å²) in [6.07, 6.45) is 1.78. The van der Waals surface area contributed by atoms with Gasteiger partial charge in [0.1, 0.15) is 0 Å². The molecule has 7 heavy (non-hydrogen) atoms. The molecule has 1 heteroatoms. The predicted molar refractivity (Wildman–Crippen MR) is 34.8 cm³/mol. The van der Waals surface area contributed by atoms with Crippen LogP contribution in [0, 0.1) is 18.8 Å². The molecular weight excluding hydrogens is 104 g/mol. The zero-order valence-corrected chi connectivity index (χ0v) is 5.05. The van der Waals surface area contributed by atoms with Gasteiger partial charge in [0, 0.05) is 6.42 Å². The van der Waals surface area contributed by atoms with Crippen molar-refractivity contribution in [1.82, 2.24) is 0 Å². The fourth-order valence-corrected chi connectivity index (χ4v) is 0.330. The second-order valence-electron chi connectivity index (χ2n) is 1.10. The maximum atomic E-state index is 4.57. The number of unbranched alkanes of at least 4 members (excludes halogenated alkanes) is 1. The summed E-state index contributed by atoms with van der Waals surface area (Å²) < 4.78 is 0. The van der Waals surface area contributed by atoms with Crippen LogP contribution in [0.15, 0.2) is 0 Å². The first-order valence-electron chi connectivity index (χ1n) is 2.25. The molecule has 38 valence electrons. The molecule has 0 amide bonds. The van der Waals surface area contributed by atoms with Crippen LogP contribution in [-0.4, -0.2) is 5.75 Å². The van der Waals surface area contributed by atoms with Gasteiger partial charge in [-0.1, -0.05) is 25.5 Å². The molecule has 2 radical (unpaired) electrons. The van der Waals surface area contributed by atoms with E-state index < -0.39 is 0 Å². The predicted octanol–water partition coefficient (Wildman–Crippen LogP) is 1.80. The van der Waals surface area contributed by atoms with Crippen molar-refractivity contribution < 1.29 is 0 Å². The van der Waals surface area contributed by atoms with Crippen molar-refractivity contribution in [3.63, 3.8) is 0 Å². The Hall–Kier alpha value is -0.0900. The summed E-state index contributed by atoms with van der Waals surface area (Å²) in [7, 11) is 0. The monoisotopic (exact) mass is 112 g/mol. The van der Waals surface area contributed by atoms with E-state index in [9.17, 15) is 0 Å². The lowest BCUT2D eigenvalue weighted by atomic mass is 10.3. The maximum absolute atomic E-state index is 4.57. The van der Waals surface area contributed by atoms with Gasteiger partial charge in [0.25, 0.3) is 0 Å². The smallest absolute Gasteiger partial charge is 0.0651 e. The Morgan fingerprint density at radius 2 is 2.14 bits per heavy atom. The van der Waals surface area contributed by atoms with Gasteiger partial charge in [-0.05, 0) is 6.42 Å². The van der Waals surface area contributed by atoms with Crippen molar-refractivity contribution in [2.75, 3.05) is 5.75 Å². The lowest BCUT2D eigenvalue weighted by Gasteiger charge is -1.73. The summed E-state index contributed by atoms with van der Waals surface area (Å²) in [6.45, 7) is 3.62. The molecule has 0 aromatic carbocycles. The Bertz CT molecular complexity index is 75.9. The van der Waals surface area contributed by atoms with Crippen LogP contribution in [0.3, 0.4) is 0 Å². The molecule has 0 nitrogen and oxygen atoms in total. The highest BCUT2D eigenvalue weighted by Crippen LogP contribution is 1.79. The third kappa shape index (κ3) is 5.91. The van der Waals surface area contributed by atoms with E-state index in [0.29, 0.717) is 5.75 Å². The van der Waals surface area contributed by atoms with Gasteiger partial charge in [-0.15, -0.1) is 5.92 Å². The van der Waals surface area contributed by atoms with Crippen molar-refractivity contribution in [3.05, 3.63) is 6.92 Å². The maximum Gasteiger partial charge on any atom is 0.0651 e. The second kappa shape index (κ2) is 5.91. The molecule has 0 aromatic rings. The average Bonchev–Trinajstić information content (AvgIpc) is 1.69. The third-order valence-corrected chi connectivity index (χ3v) is 0.643. The molecule has 0 saturated heterocycles. The summed E-state index contributed by atoms with van der Waals surface area (Å²) in [5, 5.41) is 0. The normalized spacial score (nSPS) is 7.14. The number of rotatable bonds is 1. The molecule has 0 aliphatic carbocycles. The van der Waals surface area contributed by atoms with E-state index in [2.05, 4.69) is 31.4 Å². The fourth-order valence-electron chi connectivity index (χ4n) is 0.228. The van der Waals surface area contributed by atoms with Crippen LogP contribution in [0.25, 0.3) is 0 Å². The summed E-state index contributed by atoms with van der Waals surface area (Å²) in [5.74, 6) is 6.20. The molecule has 0 aliphatic heterocycles. The minimum Gasteiger partial charge on any atom is -0.102 e. The van der Waals surface area contributed by atoms with E-state index in [-0.39, 0.29) is 0 Å². The molecule has 0 spiro atoms. The van der Waals surface area contributed by atoms with Crippen molar-refractivity contribution in [1.29, 1.82) is 0 Å². The molecule has 0 saturated carbocycles. The number of hydrogen-bond donors (Lipinski definition) is 0. The van der Waals surface area contributed by atoms with Crippen LogP contribution < -0.4 is 0 Å². The Morgan fingerprint density at radius 3 is 2.57 bits per heavy atom. The molecule has 0 fully saturated rings. The van der Waals surface area contributed by atoms with E-state index in [0.717, 1.165) is 12.8 Å². The van der Waals surface area contributed by atoms with Gasteiger partial charge in [-0.25, -0.2) is 0 Å². The Balaban J connectivity index is 2.91. The molecule has 0 aromatic heterocycles. The van der Waals surface area contributed by atoms with E-state index >= 15 is 0 Å². The minimum atomic E-state index is 0.556. The molecule has 0 heterocycles. The molecule has 0 N–H and O–H groups in total. The van der Waals surface area contributed by atoms with E-state index in [1.807, 2.05) is 0 Å². The SMILES string of the molecule is [CH2]CCC#CC[S]. The van der Waals surface area contributed by atoms with Crippen LogP contribution in [0.1, 0.15) is 12.8 Å². The first kappa shape index (κ1) is 6.91. The molecule has 0 aliphatic rings. The van der Waals surface area contributed by atoms with Gasteiger partial charge >= 0.3 is 0 Å². The second-order valence-corrected chi connectivity index (χ2v) is 1.39. The largest absolute Gasteiger partial charge is 0.102 e. The summed E-state index contributed by atoms with van der Waals surface area (Å²) in [5.41, 5.74) is 0. The standard InChI is InChI=1S/C6H8S/c1-2-3-4-5-6-7/h1-3,6H2. The van der Waals surface area contributed by atoms with Crippen LogP contribution >= 0.6 is 12.6 Å². The molecule has 0 unspecified atom stereocenters. The van der Waals surface area contributed by atoms with Gasteiger partial charge < -0.3 is 0 Å². The van der Waals surface area contributed by atoms with E-state index in [4.69, 9.17) is 0 Å². The van der Waals surface area contributed by atoms with Crippen molar-refractivity contribution in [2.45, 2.75) is 12.8 Å². The first-order chi connectivity index (χ1) is 3.41. The summed E-state index contributed by atoms with van der Waals surface area (Å²) in [6, 6.07) is 0. The highest BCUT2D eigenvalue weighted by Gasteiger charge is 1.66. The molecule has 0 bridgehead atoms. The quantitative estimate of drug-likeness (QED) is 0.454. The molecule has 0 rings (SSSR count). The fraction of sp³-hybridized carbons (Fsp3) is 0.500. The Labute approximate surface area is 50.7 Å². The Kier molecular flexibility index (Phi) is 5.83. The van der Waals surface area contributed by atoms with Crippen molar-refractivity contribution in [3.8, 4) is 11.8 Å². The average molecular weight is 112 g/mol. The molecule has 0 atom stereocenters. The van der Waals surface area contributed by atoms with Crippen molar-refractivity contribution in [2.24, 2.45) is 0 Å². The summed E-state index contributed by atoms with van der Waals surface area (Å²) >= 11 is 4.57. The zero-order chi connectivity index (χ0) is 5.54. The first-order valence-corrected chi connectivity index (χ1v) is 2.82. The van der Waals surface area contributed by atoms with Gasteiger partial charge in [-0.3, -0.25) is 0 Å². The molecular formula is C6H8S. The highest BCUT2D eigenvalue weighted by atomic mass is 32.1. The van der Waals surface area contributed by atoms with Crippen LogP contribution in [0.5, 0.6) is 0 Å². The zero-order valence-electron chi connectivity index (χ0n) is 4.24. The van der Waals surface area contributed by atoms with Crippen LogP contribution in [0.2, 0.25) is 0 Å². The Morgan fingerprint density at radius 1 is 1.43 bits per heavy atom. The lowest BCUT2D eigenvalue weighted by Crippen LogP contribution is -1.62. The van der Waals surface area contributed by atoms with Gasteiger partial charge in [0.2, 0.25) is 0 Å². The lowest BCUT2D eigenvalue weighted by molar-refractivity contribution is 1.08. The number of hydrogen-bond acceptors (Lipinski definition) is 0. The van der Waals surface area contributed by atoms with Crippen LogP contribution in [-0.2, 0) is 0 Å². The van der Waals surface area contributed by atoms with Gasteiger partial charge in [0.05, 0.1) is 5.75 Å². The third-order valence-electron chi connectivity index (χ3n) is 0.499. The van der Waals surface area contributed by atoms with Crippen molar-refractivity contribution >= 4 is 12.6 Å². The minimum absolute atomic E-state index is 0.556. The van der Waals surface area contributed by atoms with Gasteiger partial charge in [0.15, 0.2) is 0 Å². The topological polar surface area (TPSA) is 0 Å². The van der Waals surface area contributed by atoms with Crippen LogP contribution in [0.4, 0.5) is 0 Å². The van der Waals surface area contributed by atoms with E-state index in [1.54, 1.807) is 0 Å².